The Kier molecular flexibility index (Phi) is 4.88. The van der Waals surface area contributed by atoms with Crippen molar-refractivity contribution in [1.29, 1.82) is 0 Å². The first kappa shape index (κ1) is 16.9. The second-order valence-corrected chi connectivity index (χ2v) is 7.92. The largest absolute Gasteiger partial charge is 0.464 e. The summed E-state index contributed by atoms with van der Waals surface area (Å²) in [6.45, 7) is 0.238. The van der Waals surface area contributed by atoms with Crippen LogP contribution in [0.4, 0.5) is 11.4 Å². The van der Waals surface area contributed by atoms with Crippen molar-refractivity contribution in [3.63, 3.8) is 0 Å². The van der Waals surface area contributed by atoms with Gasteiger partial charge in [0.15, 0.2) is 0 Å². The molecule has 8 heteroatoms. The lowest BCUT2D eigenvalue weighted by molar-refractivity contribution is -0.139. The number of rotatable bonds is 5. The number of hydrogen-bond donors (Lipinski definition) is 2. The normalized spacial score (nSPS) is 17.5. The van der Waals surface area contributed by atoms with E-state index < -0.39 is 22.0 Å². The molecule has 3 rings (SSSR count). The van der Waals surface area contributed by atoms with Gasteiger partial charge in [-0.15, -0.1) is 0 Å². The SMILES string of the molecule is O=C1OCC[C@@H]1NS(=O)(=O)c1ccc(Nc2ccc(Br)cc2)cc1. The van der Waals surface area contributed by atoms with E-state index in [9.17, 15) is 13.2 Å². The topological polar surface area (TPSA) is 84.5 Å². The molecule has 2 aromatic rings. The molecule has 0 bridgehead atoms. The quantitative estimate of drug-likeness (QED) is 0.740. The molecule has 0 saturated carbocycles. The Morgan fingerprint density at radius 1 is 1.00 bits per heavy atom. The van der Waals surface area contributed by atoms with Crippen LogP contribution in [0.3, 0.4) is 0 Å². The molecule has 2 N–H and O–H groups in total. The van der Waals surface area contributed by atoms with Crippen LogP contribution in [-0.2, 0) is 19.6 Å². The van der Waals surface area contributed by atoms with E-state index in [0.717, 1.165) is 15.8 Å². The first-order valence-electron chi connectivity index (χ1n) is 7.26. The smallest absolute Gasteiger partial charge is 0.324 e. The Morgan fingerprint density at radius 3 is 2.12 bits per heavy atom. The number of esters is 1. The zero-order valence-electron chi connectivity index (χ0n) is 12.5. The van der Waals surface area contributed by atoms with Crippen LogP contribution in [-0.4, -0.2) is 27.0 Å². The maximum atomic E-state index is 12.3. The van der Waals surface area contributed by atoms with Gasteiger partial charge in [0, 0.05) is 22.3 Å². The van der Waals surface area contributed by atoms with Gasteiger partial charge in [0.25, 0.3) is 0 Å². The van der Waals surface area contributed by atoms with Gasteiger partial charge >= 0.3 is 5.97 Å². The fourth-order valence-electron chi connectivity index (χ4n) is 2.28. The van der Waals surface area contributed by atoms with Crippen molar-refractivity contribution in [3.05, 3.63) is 53.0 Å². The third-order valence-electron chi connectivity index (χ3n) is 3.53. The van der Waals surface area contributed by atoms with E-state index >= 15 is 0 Å². The van der Waals surface area contributed by atoms with Crippen molar-refractivity contribution < 1.29 is 17.9 Å². The van der Waals surface area contributed by atoms with E-state index in [0.29, 0.717) is 6.42 Å². The first-order chi connectivity index (χ1) is 11.4. The fraction of sp³-hybridized carbons (Fsp3) is 0.188. The number of hydrogen-bond acceptors (Lipinski definition) is 5. The summed E-state index contributed by atoms with van der Waals surface area (Å²) in [5.74, 6) is -0.535. The number of halogens is 1. The fourth-order valence-corrected chi connectivity index (χ4v) is 3.76. The van der Waals surface area contributed by atoms with Crippen molar-refractivity contribution in [2.24, 2.45) is 0 Å². The van der Waals surface area contributed by atoms with Gasteiger partial charge in [-0.2, -0.15) is 4.72 Å². The van der Waals surface area contributed by atoms with Crippen LogP contribution in [0.1, 0.15) is 6.42 Å². The molecule has 2 aromatic carbocycles. The van der Waals surface area contributed by atoms with Crippen molar-refractivity contribution in [1.82, 2.24) is 4.72 Å². The molecule has 0 unspecified atom stereocenters. The summed E-state index contributed by atoms with van der Waals surface area (Å²) in [5.41, 5.74) is 1.65. The molecular weight excluding hydrogens is 396 g/mol. The minimum atomic E-state index is -3.76. The van der Waals surface area contributed by atoms with Gasteiger partial charge in [0.05, 0.1) is 11.5 Å². The molecular formula is C16H15BrN2O4S. The summed E-state index contributed by atoms with van der Waals surface area (Å²) in [6, 6.07) is 13.1. The average Bonchev–Trinajstić information content (AvgIpc) is 2.95. The monoisotopic (exact) mass is 410 g/mol. The lowest BCUT2D eigenvalue weighted by Crippen LogP contribution is -2.37. The van der Waals surface area contributed by atoms with E-state index in [1.54, 1.807) is 12.1 Å². The molecule has 1 fully saturated rings. The second-order valence-electron chi connectivity index (χ2n) is 5.29. The summed E-state index contributed by atoms with van der Waals surface area (Å²) in [4.78, 5) is 11.5. The highest BCUT2D eigenvalue weighted by Gasteiger charge is 2.31. The van der Waals surface area contributed by atoms with E-state index in [4.69, 9.17) is 4.74 Å². The highest BCUT2D eigenvalue weighted by molar-refractivity contribution is 9.10. The number of ether oxygens (including phenoxy) is 1. The molecule has 1 aliphatic rings. The molecule has 1 atom stereocenters. The Bertz CT molecular complexity index is 835. The lowest BCUT2D eigenvalue weighted by Gasteiger charge is -2.11. The predicted molar refractivity (Wildman–Crippen MR) is 93.6 cm³/mol. The van der Waals surface area contributed by atoms with Crippen molar-refractivity contribution in [2.45, 2.75) is 17.4 Å². The summed E-state index contributed by atoms with van der Waals surface area (Å²) < 4.78 is 32.7. The number of carbonyl (C=O) groups is 1. The number of anilines is 2. The summed E-state index contributed by atoms with van der Waals surface area (Å²) in [5, 5.41) is 3.18. The third kappa shape index (κ3) is 3.95. The van der Waals surface area contributed by atoms with Crippen LogP contribution in [0.15, 0.2) is 57.9 Å². The van der Waals surface area contributed by atoms with Gasteiger partial charge in [-0.3, -0.25) is 4.79 Å². The van der Waals surface area contributed by atoms with Crippen LogP contribution in [0.5, 0.6) is 0 Å². The minimum Gasteiger partial charge on any atom is -0.464 e. The molecule has 1 heterocycles. The number of benzene rings is 2. The summed E-state index contributed by atoms with van der Waals surface area (Å²) in [7, 11) is -3.76. The molecule has 1 aliphatic heterocycles. The highest BCUT2D eigenvalue weighted by Crippen LogP contribution is 2.21. The number of carbonyl (C=O) groups excluding carboxylic acids is 1. The standard InChI is InChI=1S/C16H15BrN2O4S/c17-11-1-3-12(4-2-11)18-13-5-7-14(8-6-13)24(21,22)19-15-9-10-23-16(15)20/h1-8,15,18-19H,9-10H2/t15-/m0/s1. The maximum Gasteiger partial charge on any atom is 0.324 e. The average molecular weight is 411 g/mol. The van der Waals surface area contributed by atoms with Gasteiger partial charge in [-0.25, -0.2) is 8.42 Å². The molecule has 0 aromatic heterocycles. The van der Waals surface area contributed by atoms with Crippen LogP contribution < -0.4 is 10.0 Å². The predicted octanol–water partition coefficient (Wildman–Crippen LogP) is 2.79. The number of cyclic esters (lactones) is 1. The summed E-state index contributed by atoms with van der Waals surface area (Å²) >= 11 is 3.37. The van der Waals surface area contributed by atoms with E-state index in [2.05, 4.69) is 26.0 Å². The molecule has 1 saturated heterocycles. The van der Waals surface area contributed by atoms with Crippen LogP contribution in [0.25, 0.3) is 0 Å². The molecule has 24 heavy (non-hydrogen) atoms. The minimum absolute atomic E-state index is 0.101. The van der Waals surface area contributed by atoms with E-state index in [1.165, 1.54) is 12.1 Å². The molecule has 0 spiro atoms. The van der Waals surface area contributed by atoms with Gasteiger partial charge in [0.1, 0.15) is 6.04 Å². The first-order valence-corrected chi connectivity index (χ1v) is 9.53. The van der Waals surface area contributed by atoms with E-state index in [1.807, 2.05) is 24.3 Å². The Morgan fingerprint density at radius 2 is 1.58 bits per heavy atom. The van der Waals surface area contributed by atoms with Gasteiger partial charge in [-0.05, 0) is 48.5 Å². The molecule has 0 amide bonds. The zero-order valence-corrected chi connectivity index (χ0v) is 14.9. The van der Waals surface area contributed by atoms with Gasteiger partial charge in [0.2, 0.25) is 10.0 Å². The second kappa shape index (κ2) is 6.92. The molecule has 6 nitrogen and oxygen atoms in total. The van der Waals surface area contributed by atoms with Crippen molar-refractivity contribution in [2.75, 3.05) is 11.9 Å². The zero-order chi connectivity index (χ0) is 17.2. The molecule has 0 aliphatic carbocycles. The third-order valence-corrected chi connectivity index (χ3v) is 5.55. The molecule has 0 radical (unpaired) electrons. The van der Waals surface area contributed by atoms with Crippen LogP contribution in [0, 0.1) is 0 Å². The lowest BCUT2D eigenvalue weighted by atomic mass is 10.3. The van der Waals surface area contributed by atoms with Crippen molar-refractivity contribution in [3.8, 4) is 0 Å². The summed E-state index contributed by atoms with van der Waals surface area (Å²) in [6.07, 6.45) is 0.348. The van der Waals surface area contributed by atoms with Crippen LogP contribution >= 0.6 is 15.9 Å². The number of nitrogens with one attached hydrogen (secondary N) is 2. The van der Waals surface area contributed by atoms with Crippen molar-refractivity contribution >= 4 is 43.3 Å². The maximum absolute atomic E-state index is 12.3. The number of sulfonamides is 1. The van der Waals surface area contributed by atoms with Gasteiger partial charge < -0.3 is 10.1 Å². The Balaban J connectivity index is 1.71. The van der Waals surface area contributed by atoms with Gasteiger partial charge in [-0.1, -0.05) is 15.9 Å². The van der Waals surface area contributed by atoms with E-state index in [-0.39, 0.29) is 11.5 Å². The molecule has 126 valence electrons. The Labute approximate surface area is 148 Å². The van der Waals surface area contributed by atoms with Crippen LogP contribution in [0.2, 0.25) is 0 Å². The Hall–Kier alpha value is -1.90. The highest BCUT2D eigenvalue weighted by atomic mass is 79.9.